The molecule has 2 fully saturated rings. The minimum atomic E-state index is -0.456. The molecule has 198 valence electrons. The first kappa shape index (κ1) is 26.2. The van der Waals surface area contributed by atoms with Gasteiger partial charge in [0.25, 0.3) is 0 Å². The van der Waals surface area contributed by atoms with Crippen LogP contribution < -0.4 is 0 Å². The second-order valence-corrected chi connectivity index (χ2v) is 11.3. The summed E-state index contributed by atoms with van der Waals surface area (Å²) in [6, 6.07) is 20.6. The van der Waals surface area contributed by atoms with Gasteiger partial charge in [-0.1, -0.05) is 104 Å². The maximum absolute atomic E-state index is 12.0. The van der Waals surface area contributed by atoms with E-state index in [1.54, 1.807) is 0 Å². The first-order valence-electron chi connectivity index (χ1n) is 13.5. The minimum absolute atomic E-state index is 0.106. The SMILES string of the molecule is C=C1CC[C@H]2[C@@](C)(CC/C(=N\O)[C@@]2(C)COC(c2ccccc2)c2ccccc2)[C@@H]1/C=C/C1=CCOC1=O. The smallest absolute Gasteiger partial charge is 0.338 e. The van der Waals surface area contributed by atoms with E-state index in [0.717, 1.165) is 36.1 Å². The van der Waals surface area contributed by atoms with Crippen LogP contribution in [0.5, 0.6) is 0 Å². The molecule has 4 atom stereocenters. The van der Waals surface area contributed by atoms with Crippen molar-refractivity contribution in [3.05, 3.63) is 108 Å². The summed E-state index contributed by atoms with van der Waals surface area (Å²) < 4.78 is 11.9. The Morgan fingerprint density at radius 1 is 1.11 bits per heavy atom. The first-order valence-corrected chi connectivity index (χ1v) is 13.5. The maximum atomic E-state index is 12.0. The summed E-state index contributed by atoms with van der Waals surface area (Å²) in [7, 11) is 0. The standard InChI is InChI=1S/C33H37NO4/c1-23-14-17-28-32(2,27(23)16-15-26-19-21-37-31(26)35)20-18-29(34-36)33(28,3)22-38-30(24-10-6-4-7-11-24)25-12-8-5-9-13-25/h4-13,15-16,19,27-28,30,36H,1,14,17-18,20-22H2,2-3H3/b16-15+,34-29+/t27-,28+,32+,33+/m1/s1. The Bertz CT molecular complexity index is 1220. The van der Waals surface area contributed by atoms with Crippen LogP contribution in [0.4, 0.5) is 0 Å². The Kier molecular flexibility index (Phi) is 7.40. The van der Waals surface area contributed by atoms with Crippen LogP contribution in [-0.4, -0.2) is 30.1 Å². The quantitative estimate of drug-likeness (QED) is 0.187. The summed E-state index contributed by atoms with van der Waals surface area (Å²) in [5.74, 6) is 0.0505. The van der Waals surface area contributed by atoms with Crippen molar-refractivity contribution < 1.29 is 19.5 Å². The van der Waals surface area contributed by atoms with Gasteiger partial charge in [-0.2, -0.15) is 0 Å². The lowest BCUT2D eigenvalue weighted by molar-refractivity contribution is -0.135. The summed E-state index contributed by atoms with van der Waals surface area (Å²) in [5, 5.41) is 14.0. The van der Waals surface area contributed by atoms with E-state index in [-0.39, 0.29) is 29.3 Å². The average Bonchev–Trinajstić information content (AvgIpc) is 3.34. The number of cyclic esters (lactones) is 1. The summed E-state index contributed by atoms with van der Waals surface area (Å²) in [6.45, 7) is 9.73. The van der Waals surface area contributed by atoms with Crippen molar-refractivity contribution in [1.82, 2.24) is 0 Å². The highest BCUT2D eigenvalue weighted by atomic mass is 16.5. The van der Waals surface area contributed by atoms with Crippen LogP contribution in [-0.2, 0) is 14.3 Å². The van der Waals surface area contributed by atoms with Gasteiger partial charge in [0.1, 0.15) is 12.7 Å². The number of rotatable bonds is 7. The number of hydrogen-bond donors (Lipinski definition) is 1. The third-order valence-corrected chi connectivity index (χ3v) is 9.13. The zero-order chi connectivity index (χ0) is 26.8. The number of carbonyl (C=O) groups is 1. The third-order valence-electron chi connectivity index (χ3n) is 9.13. The zero-order valence-electron chi connectivity index (χ0n) is 22.3. The maximum Gasteiger partial charge on any atom is 0.338 e. The van der Waals surface area contributed by atoms with E-state index in [4.69, 9.17) is 9.47 Å². The Hall–Kier alpha value is -3.44. The molecule has 38 heavy (non-hydrogen) atoms. The van der Waals surface area contributed by atoms with Crippen LogP contribution in [0, 0.1) is 22.7 Å². The lowest BCUT2D eigenvalue weighted by Gasteiger charge is -2.58. The molecule has 0 amide bonds. The van der Waals surface area contributed by atoms with Crippen LogP contribution in [0.3, 0.4) is 0 Å². The molecule has 2 aromatic carbocycles. The second-order valence-electron chi connectivity index (χ2n) is 11.3. The molecule has 3 aliphatic rings. The van der Waals surface area contributed by atoms with Crippen LogP contribution in [0.25, 0.3) is 0 Å². The molecular formula is C33H37NO4. The Morgan fingerprint density at radius 3 is 2.34 bits per heavy atom. The molecule has 5 heteroatoms. The molecule has 0 unspecified atom stereocenters. The number of allylic oxidation sites excluding steroid dienone is 2. The molecule has 2 aromatic rings. The fourth-order valence-corrected chi connectivity index (χ4v) is 7.06. The molecule has 5 nitrogen and oxygen atoms in total. The van der Waals surface area contributed by atoms with E-state index in [2.05, 4.69) is 55.9 Å². The van der Waals surface area contributed by atoms with Gasteiger partial charge >= 0.3 is 5.97 Å². The number of esters is 1. The summed E-state index contributed by atoms with van der Waals surface area (Å²) >= 11 is 0. The van der Waals surface area contributed by atoms with Crippen molar-refractivity contribution >= 4 is 11.7 Å². The van der Waals surface area contributed by atoms with Crippen LogP contribution in [0.15, 0.2) is 102 Å². The average molecular weight is 512 g/mol. The number of nitrogens with zero attached hydrogens (tertiary/aromatic N) is 1. The van der Waals surface area contributed by atoms with Gasteiger partial charge in [0, 0.05) is 11.3 Å². The topological polar surface area (TPSA) is 68.1 Å². The highest BCUT2D eigenvalue weighted by Crippen LogP contribution is 2.60. The Morgan fingerprint density at radius 2 is 1.76 bits per heavy atom. The molecule has 2 saturated carbocycles. The van der Waals surface area contributed by atoms with E-state index in [1.807, 2.05) is 48.6 Å². The highest BCUT2D eigenvalue weighted by Gasteiger charge is 2.57. The summed E-state index contributed by atoms with van der Waals surface area (Å²) in [6.07, 6.45) is 9.05. The molecule has 1 aliphatic heterocycles. The first-order chi connectivity index (χ1) is 18.4. The van der Waals surface area contributed by atoms with E-state index in [9.17, 15) is 10.0 Å². The lowest BCUT2D eigenvalue weighted by atomic mass is 9.46. The largest absolute Gasteiger partial charge is 0.458 e. The van der Waals surface area contributed by atoms with Crippen molar-refractivity contribution in [3.63, 3.8) is 0 Å². The van der Waals surface area contributed by atoms with Crippen molar-refractivity contribution in [2.75, 3.05) is 13.2 Å². The van der Waals surface area contributed by atoms with Gasteiger partial charge in [-0.05, 0) is 54.2 Å². The van der Waals surface area contributed by atoms with Gasteiger partial charge in [0.05, 0.1) is 17.9 Å². The van der Waals surface area contributed by atoms with Gasteiger partial charge in [-0.15, -0.1) is 0 Å². The Labute approximate surface area is 225 Å². The van der Waals surface area contributed by atoms with Gasteiger partial charge in [-0.25, -0.2) is 4.79 Å². The summed E-state index contributed by atoms with van der Waals surface area (Å²) in [4.78, 5) is 12.0. The number of hydrogen-bond acceptors (Lipinski definition) is 5. The predicted octanol–water partition coefficient (Wildman–Crippen LogP) is 7.05. The Balaban J connectivity index is 1.46. The highest BCUT2D eigenvalue weighted by molar-refractivity contribution is 5.93. The monoisotopic (exact) mass is 511 g/mol. The van der Waals surface area contributed by atoms with Crippen molar-refractivity contribution in [2.24, 2.45) is 27.8 Å². The lowest BCUT2D eigenvalue weighted by Crippen LogP contribution is -2.56. The van der Waals surface area contributed by atoms with Gasteiger partial charge < -0.3 is 14.7 Å². The number of ether oxygens (including phenoxy) is 2. The van der Waals surface area contributed by atoms with Gasteiger partial charge in [-0.3, -0.25) is 0 Å². The van der Waals surface area contributed by atoms with Crippen LogP contribution in [0.2, 0.25) is 0 Å². The zero-order valence-corrected chi connectivity index (χ0v) is 22.3. The van der Waals surface area contributed by atoms with E-state index >= 15 is 0 Å². The molecule has 1 N–H and O–H groups in total. The molecule has 5 rings (SSSR count). The van der Waals surface area contributed by atoms with Crippen LogP contribution in [0.1, 0.15) is 56.8 Å². The molecular weight excluding hydrogens is 474 g/mol. The fourth-order valence-electron chi connectivity index (χ4n) is 7.06. The number of fused-ring (bicyclic) bond motifs is 1. The molecule has 1 heterocycles. The molecule has 0 bridgehead atoms. The number of benzene rings is 2. The van der Waals surface area contributed by atoms with Crippen molar-refractivity contribution in [2.45, 2.75) is 45.6 Å². The third kappa shape index (κ3) is 4.76. The van der Waals surface area contributed by atoms with Gasteiger partial charge in [0.2, 0.25) is 0 Å². The van der Waals surface area contributed by atoms with Gasteiger partial charge in [0.15, 0.2) is 0 Å². The van der Waals surface area contributed by atoms with Crippen molar-refractivity contribution in [1.29, 1.82) is 0 Å². The second kappa shape index (κ2) is 10.7. The van der Waals surface area contributed by atoms with Crippen molar-refractivity contribution in [3.8, 4) is 0 Å². The van der Waals surface area contributed by atoms with E-state index in [0.29, 0.717) is 25.2 Å². The van der Waals surface area contributed by atoms with E-state index < -0.39 is 5.41 Å². The van der Waals surface area contributed by atoms with E-state index in [1.165, 1.54) is 5.57 Å². The normalized spacial score (nSPS) is 30.5. The molecule has 0 saturated heterocycles. The summed E-state index contributed by atoms with van der Waals surface area (Å²) in [5.41, 5.74) is 4.22. The predicted molar refractivity (Wildman–Crippen MR) is 149 cm³/mol. The number of carbonyl (C=O) groups excluding carboxylic acids is 1. The number of oxime groups is 1. The molecule has 0 spiro atoms. The molecule has 0 aromatic heterocycles. The molecule has 2 aliphatic carbocycles. The molecule has 0 radical (unpaired) electrons. The van der Waals surface area contributed by atoms with Crippen LogP contribution >= 0.6 is 0 Å². The minimum Gasteiger partial charge on any atom is -0.458 e. The fraction of sp³-hybridized carbons (Fsp3) is 0.394.